The Labute approximate surface area is 210 Å². The maximum Gasteiger partial charge on any atom is 0.243 e. The van der Waals surface area contributed by atoms with Crippen LogP contribution in [-0.2, 0) is 26.2 Å². The highest BCUT2D eigenvalue weighted by Gasteiger charge is 2.29. The van der Waals surface area contributed by atoms with Gasteiger partial charge in [0.2, 0.25) is 21.8 Å². The molecule has 2 amide bonds. The molecule has 0 saturated heterocycles. The fourth-order valence-electron chi connectivity index (χ4n) is 3.85. The van der Waals surface area contributed by atoms with Gasteiger partial charge >= 0.3 is 0 Å². The molecule has 2 aromatic rings. The predicted octanol–water partition coefficient (Wildman–Crippen LogP) is 4.26. The number of benzene rings is 2. The molecule has 0 fully saturated rings. The molecule has 0 aliphatic rings. The van der Waals surface area contributed by atoms with Gasteiger partial charge in [-0.25, -0.2) is 8.42 Å². The smallest absolute Gasteiger partial charge is 0.243 e. The molecule has 192 valence electrons. The molecule has 0 bridgehead atoms. The summed E-state index contributed by atoms with van der Waals surface area (Å²) in [5.41, 5.74) is 2.63. The van der Waals surface area contributed by atoms with Gasteiger partial charge in [0.1, 0.15) is 6.04 Å². The minimum atomic E-state index is -3.50. The van der Waals surface area contributed by atoms with Crippen molar-refractivity contribution in [2.75, 3.05) is 17.1 Å². The van der Waals surface area contributed by atoms with Crippen molar-refractivity contribution >= 4 is 27.5 Å². The lowest BCUT2D eigenvalue weighted by atomic mass is 10.1. The molecule has 2 atom stereocenters. The van der Waals surface area contributed by atoms with Crippen LogP contribution in [-0.4, -0.2) is 50.0 Å². The van der Waals surface area contributed by atoms with E-state index < -0.39 is 16.1 Å². The first-order chi connectivity index (χ1) is 16.6. The molecule has 0 heterocycles. The molecule has 1 N–H and O–H groups in total. The van der Waals surface area contributed by atoms with Crippen molar-refractivity contribution in [2.45, 2.75) is 72.0 Å². The van der Waals surface area contributed by atoms with Crippen LogP contribution in [0.25, 0.3) is 0 Å². The van der Waals surface area contributed by atoms with Crippen molar-refractivity contribution in [3.63, 3.8) is 0 Å². The van der Waals surface area contributed by atoms with Gasteiger partial charge in [-0.05, 0) is 50.8 Å². The Bertz CT molecular complexity index is 1060. The quantitative estimate of drug-likeness (QED) is 0.444. The van der Waals surface area contributed by atoms with E-state index in [1.807, 2.05) is 58.0 Å². The van der Waals surface area contributed by atoms with E-state index in [1.54, 1.807) is 29.2 Å². The molecule has 0 aromatic heterocycles. The highest BCUT2D eigenvalue weighted by Crippen LogP contribution is 2.19. The number of carbonyl (C=O) groups excluding carboxylic acids is 2. The Hall–Kier alpha value is -2.87. The molecule has 0 radical (unpaired) electrons. The summed E-state index contributed by atoms with van der Waals surface area (Å²) in [6, 6.07) is 16.2. The summed E-state index contributed by atoms with van der Waals surface area (Å²) >= 11 is 0. The van der Waals surface area contributed by atoms with Crippen LogP contribution >= 0.6 is 0 Å². The first-order valence-electron chi connectivity index (χ1n) is 12.2. The molecule has 35 heavy (non-hydrogen) atoms. The number of nitrogens with zero attached hydrogens (tertiary/aromatic N) is 2. The summed E-state index contributed by atoms with van der Waals surface area (Å²) in [6.45, 7) is 8.35. The number of anilines is 1. The number of amides is 2. The molecule has 0 spiro atoms. The third kappa shape index (κ3) is 8.69. The SMILES string of the molecule is CC[C@@H](C)NC(=O)[C@H](CC)N(Cc1ccc(C)cc1)C(=O)CCCN(c1ccccc1)S(C)(=O)=O. The van der Waals surface area contributed by atoms with Crippen LogP contribution in [0.4, 0.5) is 5.69 Å². The van der Waals surface area contributed by atoms with Crippen molar-refractivity contribution < 1.29 is 18.0 Å². The number of hydrogen-bond acceptors (Lipinski definition) is 4. The zero-order valence-corrected chi connectivity index (χ0v) is 22.3. The van der Waals surface area contributed by atoms with Crippen LogP contribution in [0.1, 0.15) is 57.6 Å². The third-order valence-electron chi connectivity index (χ3n) is 6.06. The Morgan fingerprint density at radius 1 is 0.971 bits per heavy atom. The molecule has 2 rings (SSSR count). The van der Waals surface area contributed by atoms with Crippen molar-refractivity contribution in [2.24, 2.45) is 0 Å². The molecule has 8 heteroatoms. The highest BCUT2D eigenvalue weighted by molar-refractivity contribution is 7.92. The molecular weight excluding hydrogens is 462 g/mol. The predicted molar refractivity (Wildman–Crippen MR) is 142 cm³/mol. The van der Waals surface area contributed by atoms with Crippen LogP contribution in [0.5, 0.6) is 0 Å². The largest absolute Gasteiger partial charge is 0.352 e. The molecule has 2 aromatic carbocycles. The second-order valence-corrected chi connectivity index (χ2v) is 10.9. The lowest BCUT2D eigenvalue weighted by molar-refractivity contribution is -0.141. The summed E-state index contributed by atoms with van der Waals surface area (Å²) in [7, 11) is -3.50. The molecule has 0 saturated carbocycles. The summed E-state index contributed by atoms with van der Waals surface area (Å²) in [6.07, 6.45) is 2.93. The van der Waals surface area contributed by atoms with Gasteiger partial charge in [0, 0.05) is 25.6 Å². The van der Waals surface area contributed by atoms with E-state index in [-0.39, 0.29) is 30.8 Å². The summed E-state index contributed by atoms with van der Waals surface area (Å²) in [5, 5.41) is 3.01. The topological polar surface area (TPSA) is 86.8 Å². The maximum absolute atomic E-state index is 13.4. The average Bonchev–Trinajstić information content (AvgIpc) is 2.82. The van der Waals surface area contributed by atoms with E-state index in [0.717, 1.165) is 23.8 Å². The van der Waals surface area contributed by atoms with E-state index in [2.05, 4.69) is 5.32 Å². The standard InChI is InChI=1S/C27H39N3O4S/c1-6-22(4)28-27(32)25(7-2)29(20-23-17-15-21(3)16-18-23)26(31)14-11-19-30(35(5,33)34)24-12-9-8-10-13-24/h8-10,12-13,15-18,22,25H,6-7,11,14,19-20H2,1-5H3,(H,28,32)/t22-,25+/m1/s1. The molecule has 0 aliphatic carbocycles. The van der Waals surface area contributed by atoms with E-state index in [1.165, 1.54) is 4.31 Å². The first-order valence-corrected chi connectivity index (χ1v) is 14.1. The van der Waals surface area contributed by atoms with Gasteiger partial charge in [0.15, 0.2) is 0 Å². The lowest BCUT2D eigenvalue weighted by Crippen LogP contribution is -2.50. The van der Waals surface area contributed by atoms with Gasteiger partial charge in [-0.15, -0.1) is 0 Å². The Morgan fingerprint density at radius 3 is 2.14 bits per heavy atom. The van der Waals surface area contributed by atoms with Crippen LogP contribution in [0, 0.1) is 6.92 Å². The normalized spacial score (nSPS) is 13.1. The fourth-order valence-corrected chi connectivity index (χ4v) is 4.81. The van der Waals surface area contributed by atoms with Crippen LogP contribution in [0.3, 0.4) is 0 Å². The number of hydrogen-bond donors (Lipinski definition) is 1. The molecule has 0 aliphatic heterocycles. The Morgan fingerprint density at radius 2 is 1.60 bits per heavy atom. The van der Waals surface area contributed by atoms with Crippen molar-refractivity contribution in [3.05, 3.63) is 65.7 Å². The summed E-state index contributed by atoms with van der Waals surface area (Å²) in [4.78, 5) is 28.1. The number of para-hydroxylation sites is 1. The van der Waals surface area contributed by atoms with Crippen molar-refractivity contribution in [3.8, 4) is 0 Å². The molecular formula is C27H39N3O4S. The zero-order chi connectivity index (χ0) is 26.0. The van der Waals surface area contributed by atoms with Crippen LogP contribution in [0.15, 0.2) is 54.6 Å². The molecule has 7 nitrogen and oxygen atoms in total. The lowest BCUT2D eigenvalue weighted by Gasteiger charge is -2.32. The van der Waals surface area contributed by atoms with Crippen molar-refractivity contribution in [1.29, 1.82) is 0 Å². The number of nitrogens with one attached hydrogen (secondary N) is 1. The van der Waals surface area contributed by atoms with E-state index in [4.69, 9.17) is 0 Å². The Kier molecular flexibility index (Phi) is 10.8. The maximum atomic E-state index is 13.4. The Balaban J connectivity index is 2.20. The second-order valence-electron chi connectivity index (χ2n) is 9.02. The van der Waals surface area contributed by atoms with E-state index >= 15 is 0 Å². The van der Waals surface area contributed by atoms with Gasteiger partial charge in [0.05, 0.1) is 11.9 Å². The zero-order valence-electron chi connectivity index (χ0n) is 21.5. The highest BCUT2D eigenvalue weighted by atomic mass is 32.2. The second kappa shape index (κ2) is 13.3. The first kappa shape index (κ1) is 28.4. The van der Waals surface area contributed by atoms with Gasteiger partial charge in [-0.3, -0.25) is 13.9 Å². The minimum Gasteiger partial charge on any atom is -0.352 e. The van der Waals surface area contributed by atoms with Gasteiger partial charge in [-0.2, -0.15) is 0 Å². The summed E-state index contributed by atoms with van der Waals surface area (Å²) < 4.78 is 26.0. The number of aryl methyl sites for hydroxylation is 1. The minimum absolute atomic E-state index is 0.0158. The van der Waals surface area contributed by atoms with Crippen LogP contribution in [0.2, 0.25) is 0 Å². The van der Waals surface area contributed by atoms with Gasteiger partial charge in [-0.1, -0.05) is 61.9 Å². The average molecular weight is 502 g/mol. The van der Waals surface area contributed by atoms with E-state index in [9.17, 15) is 18.0 Å². The number of rotatable bonds is 13. The third-order valence-corrected chi connectivity index (χ3v) is 7.25. The number of carbonyl (C=O) groups is 2. The van der Waals surface area contributed by atoms with E-state index in [0.29, 0.717) is 25.1 Å². The van der Waals surface area contributed by atoms with Gasteiger partial charge in [0.25, 0.3) is 0 Å². The number of sulfonamides is 1. The molecule has 0 unspecified atom stereocenters. The monoisotopic (exact) mass is 501 g/mol. The van der Waals surface area contributed by atoms with Gasteiger partial charge < -0.3 is 10.2 Å². The van der Waals surface area contributed by atoms with Crippen molar-refractivity contribution in [1.82, 2.24) is 10.2 Å². The van der Waals surface area contributed by atoms with Crippen LogP contribution < -0.4 is 9.62 Å². The fraction of sp³-hybridized carbons (Fsp3) is 0.481. The summed E-state index contributed by atoms with van der Waals surface area (Å²) in [5.74, 6) is -0.331.